The normalized spacial score (nSPS) is 19.9. The predicted molar refractivity (Wildman–Crippen MR) is 256 cm³/mol. The number of carbonyl (C=O) groups is 1. The van der Waals surface area contributed by atoms with Gasteiger partial charge in [0.1, 0.15) is 30.5 Å². The number of ether oxygens (including phenoxy) is 4. The largest absolute Gasteiger partial charge is 0.457 e. The Bertz CT molecular complexity index is 1000. The molecular formula is C53H100O9. The first kappa shape index (κ1) is 58.7. The first-order valence-electron chi connectivity index (χ1n) is 26.4. The Labute approximate surface area is 381 Å². The number of rotatable bonds is 46. The minimum atomic E-state index is -1.54. The lowest BCUT2D eigenvalue weighted by Crippen LogP contribution is -2.59. The molecular weight excluding hydrogens is 781 g/mol. The molecule has 1 fully saturated rings. The zero-order valence-corrected chi connectivity index (χ0v) is 40.4. The van der Waals surface area contributed by atoms with Crippen LogP contribution in [0.4, 0.5) is 0 Å². The van der Waals surface area contributed by atoms with E-state index in [4.69, 9.17) is 18.9 Å². The lowest BCUT2D eigenvalue weighted by atomic mass is 9.99. The van der Waals surface area contributed by atoms with Gasteiger partial charge in [-0.15, -0.1) is 0 Å². The molecule has 0 aliphatic carbocycles. The first-order chi connectivity index (χ1) is 30.4. The Kier molecular flexibility index (Phi) is 42.5. The van der Waals surface area contributed by atoms with Gasteiger partial charge >= 0.3 is 5.97 Å². The van der Waals surface area contributed by atoms with Gasteiger partial charge in [0, 0.05) is 13.0 Å². The number of aliphatic hydroxyl groups is 4. The maximum Gasteiger partial charge on any atom is 0.306 e. The minimum Gasteiger partial charge on any atom is -0.457 e. The fourth-order valence-electron chi connectivity index (χ4n) is 8.24. The van der Waals surface area contributed by atoms with E-state index >= 15 is 0 Å². The van der Waals surface area contributed by atoms with Crippen molar-refractivity contribution in [3.63, 3.8) is 0 Å². The third-order valence-corrected chi connectivity index (χ3v) is 12.4. The van der Waals surface area contributed by atoms with Crippen LogP contribution in [0, 0.1) is 0 Å². The van der Waals surface area contributed by atoms with Gasteiger partial charge in [0.05, 0.1) is 19.8 Å². The van der Waals surface area contributed by atoms with Crippen LogP contribution < -0.4 is 0 Å². The highest BCUT2D eigenvalue weighted by molar-refractivity contribution is 5.69. The Morgan fingerprint density at radius 2 is 0.968 bits per heavy atom. The summed E-state index contributed by atoms with van der Waals surface area (Å²) < 4.78 is 22.9. The molecule has 9 heteroatoms. The third kappa shape index (κ3) is 35.0. The van der Waals surface area contributed by atoms with E-state index in [0.29, 0.717) is 13.0 Å². The molecule has 9 nitrogen and oxygen atoms in total. The maximum absolute atomic E-state index is 12.8. The molecule has 366 valence electrons. The van der Waals surface area contributed by atoms with Crippen molar-refractivity contribution < 1.29 is 44.2 Å². The van der Waals surface area contributed by atoms with E-state index in [2.05, 4.69) is 38.2 Å². The highest BCUT2D eigenvalue weighted by Gasteiger charge is 2.44. The monoisotopic (exact) mass is 881 g/mol. The van der Waals surface area contributed by atoms with Crippen molar-refractivity contribution >= 4 is 5.97 Å². The van der Waals surface area contributed by atoms with E-state index < -0.39 is 43.4 Å². The van der Waals surface area contributed by atoms with Crippen molar-refractivity contribution in [2.75, 3.05) is 26.4 Å². The Balaban J connectivity index is 2.14. The topological polar surface area (TPSA) is 135 Å². The fourth-order valence-corrected chi connectivity index (χ4v) is 8.24. The lowest BCUT2D eigenvalue weighted by Gasteiger charge is -2.39. The van der Waals surface area contributed by atoms with Gasteiger partial charge in [-0.1, -0.05) is 224 Å². The maximum atomic E-state index is 12.8. The van der Waals surface area contributed by atoms with E-state index in [1.54, 1.807) is 0 Å². The number of esters is 1. The molecule has 0 aromatic rings. The lowest BCUT2D eigenvalue weighted by molar-refractivity contribution is -0.305. The van der Waals surface area contributed by atoms with E-state index in [1.165, 1.54) is 167 Å². The molecule has 0 saturated carbocycles. The summed E-state index contributed by atoms with van der Waals surface area (Å²) in [6.45, 7) is 4.52. The molecule has 0 spiro atoms. The van der Waals surface area contributed by atoms with Crippen molar-refractivity contribution in [1.82, 2.24) is 0 Å². The van der Waals surface area contributed by atoms with Crippen LogP contribution in [-0.4, -0.2) is 89.6 Å². The number of hydrogen-bond donors (Lipinski definition) is 4. The van der Waals surface area contributed by atoms with Crippen molar-refractivity contribution in [3.05, 3.63) is 24.3 Å². The van der Waals surface area contributed by atoms with Crippen molar-refractivity contribution in [1.29, 1.82) is 0 Å². The number of unbranched alkanes of at least 4 members (excludes halogenated alkanes) is 31. The molecule has 1 aliphatic rings. The van der Waals surface area contributed by atoms with Gasteiger partial charge in [0.25, 0.3) is 0 Å². The molecule has 0 aromatic heterocycles. The Hall–Kier alpha value is -1.33. The summed E-state index contributed by atoms with van der Waals surface area (Å²) in [5.41, 5.74) is 0. The van der Waals surface area contributed by atoms with Gasteiger partial charge in [0.15, 0.2) is 6.29 Å². The van der Waals surface area contributed by atoms with Crippen LogP contribution in [0.15, 0.2) is 24.3 Å². The quantitative estimate of drug-likeness (QED) is 0.0268. The van der Waals surface area contributed by atoms with Gasteiger partial charge in [0.2, 0.25) is 0 Å². The van der Waals surface area contributed by atoms with Crippen molar-refractivity contribution in [2.45, 2.75) is 282 Å². The molecule has 1 heterocycles. The molecule has 1 rings (SSSR count). The highest BCUT2D eigenvalue weighted by atomic mass is 16.7. The summed E-state index contributed by atoms with van der Waals surface area (Å²) in [6.07, 6.45) is 46.5. The zero-order chi connectivity index (χ0) is 45.0. The average molecular weight is 881 g/mol. The van der Waals surface area contributed by atoms with Gasteiger partial charge in [-0.3, -0.25) is 4.79 Å². The van der Waals surface area contributed by atoms with E-state index in [1.807, 2.05) is 0 Å². The van der Waals surface area contributed by atoms with E-state index in [0.717, 1.165) is 57.8 Å². The van der Waals surface area contributed by atoms with Crippen LogP contribution in [0.1, 0.15) is 245 Å². The number of allylic oxidation sites excluding steroid dienone is 4. The summed E-state index contributed by atoms with van der Waals surface area (Å²) in [5.74, 6) is -0.312. The smallest absolute Gasteiger partial charge is 0.306 e. The van der Waals surface area contributed by atoms with E-state index in [9.17, 15) is 25.2 Å². The Morgan fingerprint density at radius 3 is 1.45 bits per heavy atom. The molecule has 0 amide bonds. The Morgan fingerprint density at radius 1 is 0.516 bits per heavy atom. The first-order valence-corrected chi connectivity index (χ1v) is 26.4. The summed E-state index contributed by atoms with van der Waals surface area (Å²) in [4.78, 5) is 12.8. The molecule has 6 unspecified atom stereocenters. The molecule has 1 saturated heterocycles. The van der Waals surface area contributed by atoms with Crippen LogP contribution in [0.5, 0.6) is 0 Å². The zero-order valence-electron chi connectivity index (χ0n) is 40.4. The second-order valence-electron chi connectivity index (χ2n) is 18.3. The number of carbonyl (C=O) groups excluding carboxylic acids is 1. The third-order valence-electron chi connectivity index (χ3n) is 12.4. The van der Waals surface area contributed by atoms with E-state index in [-0.39, 0.29) is 19.2 Å². The molecule has 1 aliphatic heterocycles. The molecule has 6 atom stereocenters. The number of hydrogen-bond acceptors (Lipinski definition) is 9. The molecule has 0 radical (unpaired) electrons. The SMILES string of the molecule is CCC/C=C\C/C=C\CCCCCCCCOCC(COC1OC(CO)C(O)C(O)C1O)OC(=O)CCCCCCCCCCCCCCCCCCCCCCCCCCC. The molecule has 0 bridgehead atoms. The average Bonchev–Trinajstić information content (AvgIpc) is 3.27. The van der Waals surface area contributed by atoms with Gasteiger partial charge in [-0.25, -0.2) is 0 Å². The summed E-state index contributed by atoms with van der Waals surface area (Å²) in [6, 6.07) is 0. The van der Waals surface area contributed by atoms with Crippen molar-refractivity contribution in [3.8, 4) is 0 Å². The second kappa shape index (κ2) is 44.9. The van der Waals surface area contributed by atoms with Crippen LogP contribution in [0.2, 0.25) is 0 Å². The molecule has 4 N–H and O–H groups in total. The highest BCUT2D eigenvalue weighted by Crippen LogP contribution is 2.23. The fraction of sp³-hybridized carbons (Fsp3) is 0.906. The van der Waals surface area contributed by atoms with Crippen LogP contribution >= 0.6 is 0 Å². The van der Waals surface area contributed by atoms with Crippen LogP contribution in [-0.2, 0) is 23.7 Å². The van der Waals surface area contributed by atoms with Gasteiger partial charge in [-0.2, -0.15) is 0 Å². The number of aliphatic hydroxyl groups excluding tert-OH is 4. The summed E-state index contributed by atoms with van der Waals surface area (Å²) in [5, 5.41) is 40.2. The van der Waals surface area contributed by atoms with Gasteiger partial charge in [-0.05, 0) is 38.5 Å². The second-order valence-corrected chi connectivity index (χ2v) is 18.3. The van der Waals surface area contributed by atoms with Crippen LogP contribution in [0.25, 0.3) is 0 Å². The standard InChI is InChI=1S/C53H100O9/c1-3-5-7-9-11-13-15-17-19-20-21-22-23-24-25-26-27-28-29-30-32-34-36-38-40-42-49(55)61-47(46-60-53-52(58)51(57)50(56)48(44-54)62-53)45-59-43-41-39-37-35-33-31-18-16-14-12-10-8-6-4-2/h8,10,14,16,47-48,50-54,56-58H,3-7,9,11-13,15,17-46H2,1-2H3/b10-8-,16-14-. The summed E-state index contributed by atoms with van der Waals surface area (Å²) >= 11 is 0. The minimum absolute atomic E-state index is 0.114. The van der Waals surface area contributed by atoms with Crippen molar-refractivity contribution in [2.24, 2.45) is 0 Å². The van der Waals surface area contributed by atoms with Gasteiger partial charge < -0.3 is 39.4 Å². The van der Waals surface area contributed by atoms with Crippen LogP contribution in [0.3, 0.4) is 0 Å². The molecule has 62 heavy (non-hydrogen) atoms. The summed E-state index contributed by atoms with van der Waals surface area (Å²) in [7, 11) is 0. The molecule has 0 aromatic carbocycles. The predicted octanol–water partition coefficient (Wildman–Crippen LogP) is 12.9.